The predicted molar refractivity (Wildman–Crippen MR) is 279 cm³/mol. The Kier molecular flexibility index (Phi) is 52.7. The summed E-state index contributed by atoms with van der Waals surface area (Å²) in [5, 5.41) is 0. The van der Waals surface area contributed by atoms with Crippen LogP contribution in [0.15, 0.2) is 24.3 Å². The van der Waals surface area contributed by atoms with E-state index in [4.69, 9.17) is 14.2 Å². The van der Waals surface area contributed by atoms with Gasteiger partial charge < -0.3 is 14.2 Å². The summed E-state index contributed by atoms with van der Waals surface area (Å²) in [6.45, 7) is 6.61. The SMILES string of the molecule is CCCC/C=C\CCCCCCCC(=O)OCC(COC(=O)CCCCCCCCCCCCCCCCCCCCCCCCC)OC(=O)CCCCCCC/C=C\CCCCCC. The lowest BCUT2D eigenvalue weighted by molar-refractivity contribution is -0.167. The summed E-state index contributed by atoms with van der Waals surface area (Å²) >= 11 is 0. The van der Waals surface area contributed by atoms with Crippen LogP contribution in [-0.4, -0.2) is 37.2 Å². The molecule has 0 heterocycles. The molecule has 0 N–H and O–H groups in total. The second-order valence-electron chi connectivity index (χ2n) is 19.6. The fourth-order valence-corrected chi connectivity index (χ4v) is 8.54. The fraction of sp³-hybridized carbons (Fsp3) is 0.881. The summed E-state index contributed by atoms with van der Waals surface area (Å²) in [6.07, 6.45) is 63.3. The molecule has 0 aliphatic carbocycles. The third-order valence-electron chi connectivity index (χ3n) is 12.9. The molecular weight excluding hydrogens is 805 g/mol. The molecule has 0 fully saturated rings. The van der Waals surface area contributed by atoms with Gasteiger partial charge in [0, 0.05) is 19.3 Å². The molecule has 0 saturated heterocycles. The zero-order valence-electron chi connectivity index (χ0n) is 43.8. The number of rotatable bonds is 53. The minimum Gasteiger partial charge on any atom is -0.462 e. The molecule has 65 heavy (non-hydrogen) atoms. The van der Waals surface area contributed by atoms with Crippen LogP contribution >= 0.6 is 0 Å². The monoisotopic (exact) mass is 915 g/mol. The standard InChI is InChI=1S/C59H110O6/c1-4-7-10-13-16-19-22-24-25-26-27-28-29-30-31-32-33-35-37-40-43-46-49-52-58(61)64-55-56(54-63-57(60)51-48-45-42-39-36-21-18-15-12-9-6-3)65-59(62)53-50-47-44-41-38-34-23-20-17-14-11-8-5-2/h15,18,20,23,56H,4-14,16-17,19,21-22,24-55H2,1-3H3/b18-15-,23-20-. The molecule has 0 spiro atoms. The summed E-state index contributed by atoms with van der Waals surface area (Å²) in [4.78, 5) is 38.0. The number of unbranched alkanes of at least 4 members (excludes halogenated alkanes) is 38. The Morgan fingerprint density at radius 3 is 0.831 bits per heavy atom. The van der Waals surface area contributed by atoms with Crippen molar-refractivity contribution < 1.29 is 28.6 Å². The number of esters is 3. The van der Waals surface area contributed by atoms with Crippen molar-refractivity contribution in [1.82, 2.24) is 0 Å². The number of ether oxygens (including phenoxy) is 3. The molecule has 382 valence electrons. The van der Waals surface area contributed by atoms with Crippen LogP contribution in [-0.2, 0) is 28.6 Å². The van der Waals surface area contributed by atoms with E-state index in [0.29, 0.717) is 19.3 Å². The molecule has 0 radical (unpaired) electrons. The van der Waals surface area contributed by atoms with Gasteiger partial charge in [0.25, 0.3) is 0 Å². The first-order valence-corrected chi connectivity index (χ1v) is 28.8. The summed E-state index contributed by atoms with van der Waals surface area (Å²) in [5.74, 6) is -0.876. The van der Waals surface area contributed by atoms with Crippen molar-refractivity contribution >= 4 is 17.9 Å². The van der Waals surface area contributed by atoms with E-state index in [9.17, 15) is 14.4 Å². The average molecular weight is 916 g/mol. The van der Waals surface area contributed by atoms with E-state index in [1.165, 1.54) is 205 Å². The van der Waals surface area contributed by atoms with Crippen molar-refractivity contribution in [2.75, 3.05) is 13.2 Å². The summed E-state index contributed by atoms with van der Waals surface area (Å²) < 4.78 is 16.8. The highest BCUT2D eigenvalue weighted by molar-refractivity contribution is 5.71. The van der Waals surface area contributed by atoms with Gasteiger partial charge in [0.2, 0.25) is 0 Å². The van der Waals surface area contributed by atoms with Crippen molar-refractivity contribution in [3.05, 3.63) is 24.3 Å². The first-order valence-electron chi connectivity index (χ1n) is 28.8. The Balaban J connectivity index is 4.20. The number of allylic oxidation sites excluding steroid dienone is 4. The maximum absolute atomic E-state index is 12.8. The minimum absolute atomic E-state index is 0.0732. The van der Waals surface area contributed by atoms with Gasteiger partial charge >= 0.3 is 17.9 Å². The van der Waals surface area contributed by atoms with E-state index in [1.807, 2.05) is 0 Å². The zero-order chi connectivity index (χ0) is 47.2. The van der Waals surface area contributed by atoms with E-state index >= 15 is 0 Å². The Morgan fingerprint density at radius 2 is 0.523 bits per heavy atom. The Morgan fingerprint density at radius 1 is 0.292 bits per heavy atom. The lowest BCUT2D eigenvalue weighted by Crippen LogP contribution is -2.30. The van der Waals surface area contributed by atoms with Crippen molar-refractivity contribution in [3.8, 4) is 0 Å². The highest BCUT2D eigenvalue weighted by atomic mass is 16.6. The highest BCUT2D eigenvalue weighted by Gasteiger charge is 2.19. The van der Waals surface area contributed by atoms with Crippen molar-refractivity contribution in [2.45, 2.75) is 322 Å². The minimum atomic E-state index is -0.774. The number of hydrogen-bond acceptors (Lipinski definition) is 6. The Bertz CT molecular complexity index is 1050. The first-order chi connectivity index (χ1) is 32.0. The summed E-state index contributed by atoms with van der Waals surface area (Å²) in [5.41, 5.74) is 0. The second-order valence-corrected chi connectivity index (χ2v) is 19.6. The molecular formula is C59H110O6. The lowest BCUT2D eigenvalue weighted by Gasteiger charge is -2.18. The molecule has 0 aliphatic rings. The van der Waals surface area contributed by atoms with Gasteiger partial charge in [0.15, 0.2) is 6.10 Å². The molecule has 0 amide bonds. The van der Waals surface area contributed by atoms with Crippen LogP contribution in [0.3, 0.4) is 0 Å². The van der Waals surface area contributed by atoms with E-state index in [-0.39, 0.29) is 31.1 Å². The van der Waals surface area contributed by atoms with Crippen LogP contribution in [0, 0.1) is 0 Å². The smallest absolute Gasteiger partial charge is 0.306 e. The molecule has 0 saturated carbocycles. The van der Waals surface area contributed by atoms with Crippen molar-refractivity contribution in [2.24, 2.45) is 0 Å². The van der Waals surface area contributed by atoms with Crippen LogP contribution < -0.4 is 0 Å². The van der Waals surface area contributed by atoms with Gasteiger partial charge in [0.1, 0.15) is 13.2 Å². The Hall–Kier alpha value is -2.11. The van der Waals surface area contributed by atoms with Crippen LogP contribution in [0.5, 0.6) is 0 Å². The van der Waals surface area contributed by atoms with Gasteiger partial charge in [-0.3, -0.25) is 14.4 Å². The average Bonchev–Trinajstić information content (AvgIpc) is 3.30. The fourth-order valence-electron chi connectivity index (χ4n) is 8.54. The first kappa shape index (κ1) is 62.9. The van der Waals surface area contributed by atoms with Gasteiger partial charge in [-0.15, -0.1) is 0 Å². The van der Waals surface area contributed by atoms with E-state index in [1.54, 1.807) is 0 Å². The molecule has 0 aromatic heterocycles. The number of hydrogen-bond donors (Lipinski definition) is 0. The molecule has 6 heteroatoms. The van der Waals surface area contributed by atoms with Gasteiger partial charge in [-0.2, -0.15) is 0 Å². The summed E-state index contributed by atoms with van der Waals surface area (Å²) in [6, 6.07) is 0. The van der Waals surface area contributed by atoms with Crippen molar-refractivity contribution in [3.63, 3.8) is 0 Å². The quantitative estimate of drug-likeness (QED) is 0.0262. The van der Waals surface area contributed by atoms with E-state index in [2.05, 4.69) is 45.1 Å². The van der Waals surface area contributed by atoms with Gasteiger partial charge in [0.05, 0.1) is 0 Å². The van der Waals surface area contributed by atoms with Crippen molar-refractivity contribution in [1.29, 1.82) is 0 Å². The van der Waals surface area contributed by atoms with Gasteiger partial charge in [-0.05, 0) is 64.2 Å². The number of carbonyl (C=O) groups is 3. The molecule has 0 aromatic rings. The molecule has 1 atom stereocenters. The lowest BCUT2D eigenvalue weighted by atomic mass is 10.0. The maximum Gasteiger partial charge on any atom is 0.306 e. The third-order valence-corrected chi connectivity index (χ3v) is 12.9. The summed E-state index contributed by atoms with van der Waals surface area (Å²) in [7, 11) is 0. The van der Waals surface area contributed by atoms with Gasteiger partial charge in [-0.25, -0.2) is 0 Å². The normalized spacial score (nSPS) is 12.1. The van der Waals surface area contributed by atoms with E-state index in [0.717, 1.165) is 70.6 Å². The highest BCUT2D eigenvalue weighted by Crippen LogP contribution is 2.17. The van der Waals surface area contributed by atoms with Crippen LogP contribution in [0.2, 0.25) is 0 Å². The van der Waals surface area contributed by atoms with Crippen LogP contribution in [0.1, 0.15) is 316 Å². The largest absolute Gasteiger partial charge is 0.462 e. The van der Waals surface area contributed by atoms with Crippen LogP contribution in [0.4, 0.5) is 0 Å². The Labute approximate surface area is 404 Å². The van der Waals surface area contributed by atoms with Gasteiger partial charge in [-0.1, -0.05) is 257 Å². The third kappa shape index (κ3) is 52.7. The predicted octanol–water partition coefficient (Wildman–Crippen LogP) is 19.1. The molecule has 6 nitrogen and oxygen atoms in total. The second kappa shape index (κ2) is 54.5. The van der Waals surface area contributed by atoms with E-state index < -0.39 is 6.10 Å². The zero-order valence-corrected chi connectivity index (χ0v) is 43.8. The van der Waals surface area contributed by atoms with Crippen LogP contribution in [0.25, 0.3) is 0 Å². The molecule has 1 unspecified atom stereocenters. The molecule has 0 aliphatic heterocycles. The molecule has 0 aromatic carbocycles. The molecule has 0 rings (SSSR count). The maximum atomic E-state index is 12.8. The number of carbonyl (C=O) groups excluding carboxylic acids is 3. The molecule has 0 bridgehead atoms. The topological polar surface area (TPSA) is 78.9 Å².